The van der Waals surface area contributed by atoms with Crippen molar-refractivity contribution in [3.63, 3.8) is 0 Å². The molecule has 3 atom stereocenters. The molecule has 3 saturated carbocycles. The van der Waals surface area contributed by atoms with E-state index in [-0.39, 0.29) is 0 Å². The van der Waals surface area contributed by atoms with Crippen LogP contribution in [0.1, 0.15) is 67.2 Å². The van der Waals surface area contributed by atoms with Crippen molar-refractivity contribution in [3.8, 4) is 0 Å². The Kier molecular flexibility index (Phi) is 4.73. The molecule has 3 aliphatic carbocycles. The molecular weight excluding hydrogens is 264 g/mol. The molecule has 3 unspecified atom stereocenters. The van der Waals surface area contributed by atoms with Crippen molar-refractivity contribution in [2.24, 2.45) is 17.3 Å². The van der Waals surface area contributed by atoms with Gasteiger partial charge in [-0.3, -0.25) is 0 Å². The van der Waals surface area contributed by atoms with Crippen LogP contribution in [-0.4, -0.2) is 21.8 Å². The van der Waals surface area contributed by atoms with Gasteiger partial charge in [0.15, 0.2) is 0 Å². The van der Waals surface area contributed by atoms with Gasteiger partial charge in [-0.2, -0.15) is 0 Å². The van der Waals surface area contributed by atoms with Crippen LogP contribution in [0.25, 0.3) is 0 Å². The summed E-state index contributed by atoms with van der Waals surface area (Å²) in [6.07, 6.45) is 5.31. The maximum atomic E-state index is 6.51. The van der Waals surface area contributed by atoms with Gasteiger partial charge in [-0.1, -0.05) is 34.1 Å². The van der Waals surface area contributed by atoms with Gasteiger partial charge in [-0.15, -0.1) is 0 Å². The largest absolute Gasteiger partial charge is 0.394 e. The third-order valence-electron chi connectivity index (χ3n) is 6.54. The zero-order chi connectivity index (χ0) is 15.0. The van der Waals surface area contributed by atoms with Gasteiger partial charge in [0, 0.05) is 18.3 Å². The van der Waals surface area contributed by atoms with E-state index in [1.807, 2.05) is 0 Å². The molecule has 3 rings (SSSR count). The Morgan fingerprint density at radius 3 is 2.05 bits per heavy atom. The maximum absolute atomic E-state index is 6.51. The zero-order valence-corrected chi connectivity index (χ0v) is 15.4. The molecule has 0 heterocycles. The standard InChI is InChI=1S/C17H34O2Si/c1-7-12-20(18-8-2,19-9-3)17-13-15(16(17,5)6)11-10-14(17)4/h14-15H,7-13H2,1-6H3. The van der Waals surface area contributed by atoms with Crippen molar-refractivity contribution < 1.29 is 8.85 Å². The second-order valence-electron chi connectivity index (χ2n) is 7.44. The first-order chi connectivity index (χ1) is 9.41. The normalized spacial score (nSPS) is 35.7. The minimum Gasteiger partial charge on any atom is -0.394 e. The molecule has 0 aromatic carbocycles. The van der Waals surface area contributed by atoms with Crippen molar-refractivity contribution in [1.29, 1.82) is 0 Å². The van der Waals surface area contributed by atoms with E-state index in [1.54, 1.807) is 0 Å². The predicted octanol–water partition coefficient (Wildman–Crippen LogP) is 5.13. The third kappa shape index (κ3) is 1.96. The average molecular weight is 299 g/mol. The predicted molar refractivity (Wildman–Crippen MR) is 87.1 cm³/mol. The molecule has 0 saturated heterocycles. The topological polar surface area (TPSA) is 18.5 Å². The molecule has 0 aliphatic heterocycles. The lowest BCUT2D eigenvalue weighted by atomic mass is 9.45. The van der Waals surface area contributed by atoms with Crippen LogP contribution in [0, 0.1) is 17.3 Å². The number of rotatable bonds is 7. The van der Waals surface area contributed by atoms with E-state index in [2.05, 4.69) is 41.5 Å². The summed E-state index contributed by atoms with van der Waals surface area (Å²) in [4.78, 5) is 0. The summed E-state index contributed by atoms with van der Waals surface area (Å²) in [5, 5.41) is 0.338. The zero-order valence-electron chi connectivity index (χ0n) is 14.4. The molecule has 3 fully saturated rings. The van der Waals surface area contributed by atoms with Gasteiger partial charge >= 0.3 is 8.56 Å². The second-order valence-corrected chi connectivity index (χ2v) is 10.9. The van der Waals surface area contributed by atoms with Crippen LogP contribution >= 0.6 is 0 Å². The molecule has 0 aromatic rings. The molecule has 2 bridgehead atoms. The minimum absolute atomic E-state index is 0.338. The molecule has 0 amide bonds. The Bertz CT molecular complexity index is 325. The van der Waals surface area contributed by atoms with Crippen LogP contribution in [0.4, 0.5) is 0 Å². The Hall–Kier alpha value is 0.137. The fourth-order valence-corrected chi connectivity index (χ4v) is 11.2. The summed E-state index contributed by atoms with van der Waals surface area (Å²) in [5.74, 6) is 1.64. The molecule has 0 N–H and O–H groups in total. The van der Waals surface area contributed by atoms with Gasteiger partial charge in [-0.05, 0) is 56.4 Å². The van der Waals surface area contributed by atoms with Crippen LogP contribution in [0.3, 0.4) is 0 Å². The Morgan fingerprint density at radius 1 is 1.05 bits per heavy atom. The van der Waals surface area contributed by atoms with E-state index in [0.29, 0.717) is 10.5 Å². The van der Waals surface area contributed by atoms with Crippen LogP contribution in [0.5, 0.6) is 0 Å². The van der Waals surface area contributed by atoms with Crippen molar-refractivity contribution in [2.45, 2.75) is 78.3 Å². The van der Waals surface area contributed by atoms with Gasteiger partial charge in [0.2, 0.25) is 0 Å². The molecule has 0 aromatic heterocycles. The first kappa shape index (κ1) is 16.5. The van der Waals surface area contributed by atoms with Crippen LogP contribution in [0.15, 0.2) is 0 Å². The average Bonchev–Trinajstić information content (AvgIpc) is 2.38. The summed E-state index contributed by atoms with van der Waals surface area (Å²) in [6, 6.07) is 1.16. The molecule has 3 aliphatic rings. The number of hydrogen-bond acceptors (Lipinski definition) is 2. The number of hydrogen-bond donors (Lipinski definition) is 0. The number of fused-ring (bicyclic) bond motifs is 2. The highest BCUT2D eigenvalue weighted by atomic mass is 28.4. The first-order valence-corrected chi connectivity index (χ1v) is 10.7. The summed E-state index contributed by atoms with van der Waals surface area (Å²) in [5.41, 5.74) is 0.399. The lowest BCUT2D eigenvalue weighted by Gasteiger charge is -2.72. The van der Waals surface area contributed by atoms with E-state index in [1.165, 1.54) is 25.7 Å². The lowest BCUT2D eigenvalue weighted by Crippen LogP contribution is -2.71. The lowest BCUT2D eigenvalue weighted by molar-refractivity contribution is -0.115. The summed E-state index contributed by atoms with van der Waals surface area (Å²) < 4.78 is 13.0. The monoisotopic (exact) mass is 298 g/mol. The molecule has 0 radical (unpaired) electrons. The molecule has 3 heteroatoms. The fourth-order valence-electron chi connectivity index (χ4n) is 5.62. The van der Waals surface area contributed by atoms with E-state index in [0.717, 1.165) is 31.1 Å². The molecule has 118 valence electrons. The fraction of sp³-hybridized carbons (Fsp3) is 1.00. The summed E-state index contributed by atoms with van der Waals surface area (Å²) in [7, 11) is -2.15. The van der Waals surface area contributed by atoms with Crippen molar-refractivity contribution in [1.82, 2.24) is 0 Å². The smallest absolute Gasteiger partial charge is 0.345 e. The Labute approximate surface area is 126 Å². The Morgan fingerprint density at radius 2 is 1.65 bits per heavy atom. The van der Waals surface area contributed by atoms with Crippen molar-refractivity contribution in [3.05, 3.63) is 0 Å². The maximum Gasteiger partial charge on any atom is 0.345 e. The molecular formula is C17H34O2Si. The van der Waals surface area contributed by atoms with Gasteiger partial charge < -0.3 is 8.85 Å². The van der Waals surface area contributed by atoms with E-state index in [9.17, 15) is 0 Å². The van der Waals surface area contributed by atoms with Crippen molar-refractivity contribution >= 4 is 8.56 Å². The van der Waals surface area contributed by atoms with Gasteiger partial charge in [-0.25, -0.2) is 0 Å². The van der Waals surface area contributed by atoms with Crippen LogP contribution < -0.4 is 0 Å². The summed E-state index contributed by atoms with van der Waals surface area (Å²) >= 11 is 0. The van der Waals surface area contributed by atoms with E-state index in [4.69, 9.17) is 8.85 Å². The molecule has 0 spiro atoms. The van der Waals surface area contributed by atoms with Gasteiger partial charge in [0.25, 0.3) is 0 Å². The van der Waals surface area contributed by atoms with Crippen LogP contribution in [0.2, 0.25) is 11.1 Å². The van der Waals surface area contributed by atoms with E-state index >= 15 is 0 Å². The molecule has 20 heavy (non-hydrogen) atoms. The molecule has 2 nitrogen and oxygen atoms in total. The quantitative estimate of drug-likeness (QED) is 0.607. The highest BCUT2D eigenvalue weighted by Crippen LogP contribution is 2.79. The SMILES string of the molecule is CCC[Si](OCC)(OCC)C12CC(CCC1C)C2(C)C. The first-order valence-electron chi connectivity index (χ1n) is 8.69. The van der Waals surface area contributed by atoms with Crippen LogP contribution in [-0.2, 0) is 8.85 Å². The minimum atomic E-state index is -2.15. The summed E-state index contributed by atoms with van der Waals surface area (Å²) in [6.45, 7) is 15.6. The highest BCUT2D eigenvalue weighted by molar-refractivity contribution is 6.71. The van der Waals surface area contributed by atoms with Gasteiger partial charge in [0.1, 0.15) is 0 Å². The third-order valence-corrected chi connectivity index (χ3v) is 11.9. The van der Waals surface area contributed by atoms with Gasteiger partial charge in [0.05, 0.1) is 0 Å². The highest BCUT2D eigenvalue weighted by Gasteiger charge is 2.75. The van der Waals surface area contributed by atoms with E-state index < -0.39 is 8.56 Å². The Balaban J connectivity index is 2.44. The van der Waals surface area contributed by atoms with Crippen molar-refractivity contribution in [2.75, 3.05) is 13.2 Å². The second kappa shape index (κ2) is 5.73.